The number of hydrogen-bond acceptors (Lipinski definition) is 4. The van der Waals surface area contributed by atoms with Gasteiger partial charge < -0.3 is 9.64 Å². The SMILES string of the molecule is O=C(Cc1cn(S(=O)(=O)c2ccccc2)c2ccccc12)N1CCOCC1. The molecule has 1 aliphatic heterocycles. The van der Waals surface area contributed by atoms with Crippen LogP contribution >= 0.6 is 0 Å². The Hall–Kier alpha value is -2.64. The molecule has 0 bridgehead atoms. The van der Waals surface area contributed by atoms with Crippen LogP contribution < -0.4 is 0 Å². The molecule has 3 aromatic rings. The summed E-state index contributed by atoms with van der Waals surface area (Å²) in [4.78, 5) is 14.6. The lowest BCUT2D eigenvalue weighted by molar-refractivity contribution is -0.134. The summed E-state index contributed by atoms with van der Waals surface area (Å²) >= 11 is 0. The van der Waals surface area contributed by atoms with E-state index in [1.165, 1.54) is 3.97 Å². The van der Waals surface area contributed by atoms with Crippen molar-refractivity contribution in [3.63, 3.8) is 0 Å². The highest BCUT2D eigenvalue weighted by Gasteiger charge is 2.23. The third-order valence-corrected chi connectivity index (χ3v) is 6.45. The van der Waals surface area contributed by atoms with E-state index in [9.17, 15) is 13.2 Å². The molecule has 1 saturated heterocycles. The average Bonchev–Trinajstić information content (AvgIpc) is 3.09. The zero-order valence-corrected chi connectivity index (χ0v) is 15.6. The monoisotopic (exact) mass is 384 g/mol. The molecule has 0 N–H and O–H groups in total. The summed E-state index contributed by atoms with van der Waals surface area (Å²) in [7, 11) is -3.73. The van der Waals surface area contributed by atoms with E-state index in [1.807, 2.05) is 12.1 Å². The zero-order valence-electron chi connectivity index (χ0n) is 14.7. The third-order valence-electron chi connectivity index (χ3n) is 4.77. The maximum atomic E-state index is 13.1. The molecule has 27 heavy (non-hydrogen) atoms. The number of carbonyl (C=O) groups is 1. The molecule has 140 valence electrons. The first kappa shape index (κ1) is 17.8. The highest BCUT2D eigenvalue weighted by atomic mass is 32.2. The van der Waals surface area contributed by atoms with Crippen molar-refractivity contribution in [2.24, 2.45) is 0 Å². The minimum Gasteiger partial charge on any atom is -0.378 e. The van der Waals surface area contributed by atoms with Crippen LogP contribution in [0.2, 0.25) is 0 Å². The van der Waals surface area contributed by atoms with Gasteiger partial charge in [0.25, 0.3) is 10.0 Å². The van der Waals surface area contributed by atoms with Crippen LogP contribution in [0.1, 0.15) is 5.56 Å². The van der Waals surface area contributed by atoms with E-state index < -0.39 is 10.0 Å². The Morgan fingerprint density at radius 2 is 1.63 bits per heavy atom. The molecule has 0 saturated carbocycles. The molecule has 0 unspecified atom stereocenters. The van der Waals surface area contributed by atoms with Gasteiger partial charge in [-0.05, 0) is 23.8 Å². The molecule has 6 nitrogen and oxygen atoms in total. The van der Waals surface area contributed by atoms with E-state index in [4.69, 9.17) is 4.74 Å². The van der Waals surface area contributed by atoms with Gasteiger partial charge in [-0.1, -0.05) is 36.4 Å². The molecule has 1 amide bonds. The van der Waals surface area contributed by atoms with Crippen LogP contribution in [0.5, 0.6) is 0 Å². The number of nitrogens with zero attached hydrogens (tertiary/aromatic N) is 2. The summed E-state index contributed by atoms with van der Waals surface area (Å²) in [5, 5.41) is 0.776. The molecular formula is C20H20N2O4S. The van der Waals surface area contributed by atoms with Crippen molar-refractivity contribution in [2.45, 2.75) is 11.3 Å². The summed E-state index contributed by atoms with van der Waals surface area (Å²) in [6.45, 7) is 2.21. The van der Waals surface area contributed by atoms with Crippen LogP contribution in [0.3, 0.4) is 0 Å². The number of carbonyl (C=O) groups excluding carboxylic acids is 1. The van der Waals surface area contributed by atoms with Crippen LogP contribution in [-0.4, -0.2) is 49.5 Å². The van der Waals surface area contributed by atoms with Gasteiger partial charge in [-0.2, -0.15) is 0 Å². The quantitative estimate of drug-likeness (QED) is 0.692. The lowest BCUT2D eigenvalue weighted by Gasteiger charge is -2.26. The van der Waals surface area contributed by atoms with Crippen molar-refractivity contribution >= 4 is 26.8 Å². The largest absolute Gasteiger partial charge is 0.378 e. The Balaban J connectivity index is 1.74. The summed E-state index contributed by atoms with van der Waals surface area (Å²) in [5.74, 6) is -0.0155. The zero-order chi connectivity index (χ0) is 18.9. The van der Waals surface area contributed by atoms with E-state index in [1.54, 1.807) is 53.6 Å². The summed E-state index contributed by atoms with van der Waals surface area (Å²) in [6.07, 6.45) is 1.74. The van der Waals surface area contributed by atoms with Crippen molar-refractivity contribution in [1.82, 2.24) is 8.87 Å². The van der Waals surface area contributed by atoms with Crippen molar-refractivity contribution < 1.29 is 17.9 Å². The predicted molar refractivity (Wildman–Crippen MR) is 102 cm³/mol. The highest BCUT2D eigenvalue weighted by Crippen LogP contribution is 2.26. The molecule has 7 heteroatoms. The Morgan fingerprint density at radius 1 is 0.963 bits per heavy atom. The third kappa shape index (κ3) is 3.36. The highest BCUT2D eigenvalue weighted by molar-refractivity contribution is 7.90. The maximum Gasteiger partial charge on any atom is 0.268 e. The Kier molecular flexibility index (Phi) is 4.72. The van der Waals surface area contributed by atoms with Crippen molar-refractivity contribution in [3.05, 3.63) is 66.4 Å². The van der Waals surface area contributed by atoms with Gasteiger partial charge in [0.2, 0.25) is 5.91 Å². The number of hydrogen-bond donors (Lipinski definition) is 0. The molecule has 1 aliphatic rings. The number of fused-ring (bicyclic) bond motifs is 1. The molecule has 2 aromatic carbocycles. The van der Waals surface area contributed by atoms with Crippen LogP contribution in [-0.2, 0) is 26.0 Å². The van der Waals surface area contributed by atoms with E-state index in [0.29, 0.717) is 37.4 Å². The second-order valence-corrected chi connectivity index (χ2v) is 8.27. The maximum absolute atomic E-state index is 13.1. The minimum atomic E-state index is -3.73. The fourth-order valence-corrected chi connectivity index (χ4v) is 4.76. The number of para-hydroxylation sites is 1. The van der Waals surface area contributed by atoms with Crippen molar-refractivity contribution in [1.29, 1.82) is 0 Å². The molecule has 0 spiro atoms. The predicted octanol–water partition coefficient (Wildman–Crippen LogP) is 2.28. The first-order valence-electron chi connectivity index (χ1n) is 8.82. The lowest BCUT2D eigenvalue weighted by Crippen LogP contribution is -2.41. The molecule has 0 radical (unpaired) electrons. The van der Waals surface area contributed by atoms with Gasteiger partial charge >= 0.3 is 0 Å². The van der Waals surface area contributed by atoms with Gasteiger partial charge in [0, 0.05) is 24.7 Å². The molecule has 2 heterocycles. The Bertz CT molecular complexity index is 1070. The van der Waals surface area contributed by atoms with Gasteiger partial charge in [0.05, 0.1) is 30.0 Å². The van der Waals surface area contributed by atoms with E-state index in [0.717, 1.165) is 5.39 Å². The molecule has 4 rings (SSSR count). The van der Waals surface area contributed by atoms with Gasteiger partial charge in [0.1, 0.15) is 0 Å². The van der Waals surface area contributed by atoms with Crippen LogP contribution in [0.15, 0.2) is 65.7 Å². The summed E-state index contributed by atoms with van der Waals surface area (Å²) in [5.41, 5.74) is 1.28. The van der Waals surface area contributed by atoms with Crippen molar-refractivity contribution in [3.8, 4) is 0 Å². The van der Waals surface area contributed by atoms with Gasteiger partial charge in [-0.25, -0.2) is 12.4 Å². The first-order valence-corrected chi connectivity index (χ1v) is 10.3. The fraction of sp³-hybridized carbons (Fsp3) is 0.250. The number of morpholine rings is 1. The summed E-state index contributed by atoms with van der Waals surface area (Å²) < 4.78 is 32.8. The summed E-state index contributed by atoms with van der Waals surface area (Å²) in [6, 6.07) is 15.6. The minimum absolute atomic E-state index is 0.0155. The molecular weight excluding hydrogens is 364 g/mol. The fourth-order valence-electron chi connectivity index (χ4n) is 3.35. The number of rotatable bonds is 4. The van der Waals surface area contributed by atoms with E-state index in [2.05, 4.69) is 0 Å². The number of ether oxygens (including phenoxy) is 1. The second-order valence-electron chi connectivity index (χ2n) is 6.46. The normalized spacial score (nSPS) is 15.2. The standard InChI is InChI=1S/C20H20N2O4S/c23-20(21-10-12-26-13-11-21)14-16-15-22(19-9-5-4-8-18(16)19)27(24,25)17-6-2-1-3-7-17/h1-9,15H,10-14H2. The van der Waals surface area contributed by atoms with E-state index >= 15 is 0 Å². The van der Waals surface area contributed by atoms with E-state index in [-0.39, 0.29) is 17.2 Å². The smallest absolute Gasteiger partial charge is 0.268 e. The number of amides is 1. The van der Waals surface area contributed by atoms with Gasteiger partial charge in [-0.15, -0.1) is 0 Å². The van der Waals surface area contributed by atoms with Gasteiger partial charge in [-0.3, -0.25) is 4.79 Å². The van der Waals surface area contributed by atoms with Crippen molar-refractivity contribution in [2.75, 3.05) is 26.3 Å². The topological polar surface area (TPSA) is 68.6 Å². The Labute approximate surface area is 158 Å². The molecule has 1 fully saturated rings. The molecule has 1 aromatic heterocycles. The Morgan fingerprint density at radius 3 is 2.37 bits per heavy atom. The molecule has 0 aliphatic carbocycles. The van der Waals surface area contributed by atoms with Gasteiger partial charge in [0.15, 0.2) is 0 Å². The lowest BCUT2D eigenvalue weighted by atomic mass is 10.1. The average molecular weight is 384 g/mol. The van der Waals surface area contributed by atoms with Crippen LogP contribution in [0, 0.1) is 0 Å². The van der Waals surface area contributed by atoms with Crippen LogP contribution in [0.25, 0.3) is 10.9 Å². The second kappa shape index (κ2) is 7.17. The van der Waals surface area contributed by atoms with Crippen LogP contribution in [0.4, 0.5) is 0 Å². The number of aromatic nitrogens is 1. The first-order chi connectivity index (χ1) is 13.1. The molecule has 0 atom stereocenters. The number of benzene rings is 2.